The highest BCUT2D eigenvalue weighted by atomic mass is 16.5. The Hall–Kier alpha value is -1.42. The first kappa shape index (κ1) is 12.0. The summed E-state index contributed by atoms with van der Waals surface area (Å²) in [5, 5.41) is 3.47. The number of hydrogen-bond acceptors (Lipinski definition) is 4. The number of allylic oxidation sites excluding steroid dienone is 1. The van der Waals surface area contributed by atoms with Gasteiger partial charge in [-0.05, 0) is 37.9 Å². The van der Waals surface area contributed by atoms with Gasteiger partial charge in [-0.1, -0.05) is 6.92 Å². The van der Waals surface area contributed by atoms with Gasteiger partial charge in [-0.2, -0.15) is 0 Å². The third-order valence-corrected chi connectivity index (χ3v) is 2.75. The van der Waals surface area contributed by atoms with Crippen LogP contribution in [0, 0.1) is 0 Å². The van der Waals surface area contributed by atoms with E-state index in [1.54, 1.807) is 12.5 Å². The van der Waals surface area contributed by atoms with E-state index in [9.17, 15) is 0 Å². The third kappa shape index (κ3) is 3.27. The fraction of sp³-hybridized carbons (Fsp3) is 0.538. The Morgan fingerprint density at radius 2 is 2.47 bits per heavy atom. The summed E-state index contributed by atoms with van der Waals surface area (Å²) in [6.45, 7) is 3.91. The number of rotatable bonds is 5. The maximum atomic E-state index is 5.73. The molecule has 1 N–H and O–H groups in total. The van der Waals surface area contributed by atoms with Gasteiger partial charge in [0, 0.05) is 6.20 Å². The second kappa shape index (κ2) is 6.35. The van der Waals surface area contributed by atoms with Gasteiger partial charge in [0.15, 0.2) is 0 Å². The van der Waals surface area contributed by atoms with E-state index in [1.165, 1.54) is 0 Å². The van der Waals surface area contributed by atoms with Crippen LogP contribution < -0.4 is 5.32 Å². The second-order valence-electron chi connectivity index (χ2n) is 4.12. The van der Waals surface area contributed by atoms with Crippen LogP contribution >= 0.6 is 0 Å². The highest BCUT2D eigenvalue weighted by Gasteiger charge is 2.20. The summed E-state index contributed by atoms with van der Waals surface area (Å²) < 4.78 is 5.73. The first-order valence-corrected chi connectivity index (χ1v) is 6.24. The van der Waals surface area contributed by atoms with Gasteiger partial charge in [0.2, 0.25) is 0 Å². The van der Waals surface area contributed by atoms with Gasteiger partial charge >= 0.3 is 0 Å². The highest BCUT2D eigenvalue weighted by molar-refractivity contribution is 5.18. The van der Waals surface area contributed by atoms with Crippen LogP contribution in [0.25, 0.3) is 0 Å². The molecular formula is C13H19N3O. The standard InChI is InChI=1S/C13H19N3O/c1-2-7-15-13(11-6-8-14-10-16-11)12-5-3-4-9-17-12/h5-6,8,10,13,15H,2-4,7,9H2,1H3. The van der Waals surface area contributed by atoms with E-state index in [4.69, 9.17) is 4.74 Å². The van der Waals surface area contributed by atoms with Gasteiger partial charge in [-0.3, -0.25) is 0 Å². The van der Waals surface area contributed by atoms with E-state index < -0.39 is 0 Å². The van der Waals surface area contributed by atoms with Crippen molar-refractivity contribution in [3.8, 4) is 0 Å². The van der Waals surface area contributed by atoms with Crippen molar-refractivity contribution in [1.29, 1.82) is 0 Å². The van der Waals surface area contributed by atoms with Crippen LogP contribution in [0.4, 0.5) is 0 Å². The van der Waals surface area contributed by atoms with Crippen molar-refractivity contribution in [3.05, 3.63) is 36.1 Å². The molecule has 4 heteroatoms. The number of aromatic nitrogens is 2. The van der Waals surface area contributed by atoms with Crippen LogP contribution in [-0.2, 0) is 4.74 Å². The molecule has 0 radical (unpaired) electrons. The van der Waals surface area contributed by atoms with Crippen LogP contribution in [0.3, 0.4) is 0 Å². The minimum atomic E-state index is 0.0678. The molecule has 0 saturated carbocycles. The average Bonchev–Trinajstić information content (AvgIpc) is 2.42. The summed E-state index contributed by atoms with van der Waals surface area (Å²) in [5.74, 6) is 1.00. The normalized spacial score (nSPS) is 17.1. The van der Waals surface area contributed by atoms with E-state index in [0.717, 1.165) is 43.9 Å². The molecule has 0 bridgehead atoms. The zero-order valence-corrected chi connectivity index (χ0v) is 10.2. The lowest BCUT2D eigenvalue weighted by Gasteiger charge is -2.24. The van der Waals surface area contributed by atoms with Crippen molar-refractivity contribution in [3.63, 3.8) is 0 Å². The predicted molar refractivity (Wildman–Crippen MR) is 66.3 cm³/mol. The quantitative estimate of drug-likeness (QED) is 0.847. The van der Waals surface area contributed by atoms with Gasteiger partial charge in [0.1, 0.15) is 18.1 Å². The van der Waals surface area contributed by atoms with E-state index in [-0.39, 0.29) is 6.04 Å². The minimum absolute atomic E-state index is 0.0678. The van der Waals surface area contributed by atoms with Crippen LogP contribution in [0.1, 0.15) is 37.9 Å². The molecule has 0 fully saturated rings. The molecule has 0 saturated heterocycles. The minimum Gasteiger partial charge on any atom is -0.496 e. The second-order valence-corrected chi connectivity index (χ2v) is 4.12. The summed E-state index contributed by atoms with van der Waals surface area (Å²) in [6, 6.07) is 2.00. The third-order valence-electron chi connectivity index (χ3n) is 2.75. The van der Waals surface area contributed by atoms with E-state index >= 15 is 0 Å². The van der Waals surface area contributed by atoms with Crippen molar-refractivity contribution < 1.29 is 4.74 Å². The van der Waals surface area contributed by atoms with Crippen molar-refractivity contribution in [2.24, 2.45) is 0 Å². The SMILES string of the molecule is CCCNC(C1=CCCCO1)c1ccncn1. The van der Waals surface area contributed by atoms with Gasteiger partial charge < -0.3 is 10.1 Å². The molecular weight excluding hydrogens is 214 g/mol. The first-order chi connectivity index (χ1) is 8.42. The smallest absolute Gasteiger partial charge is 0.115 e. The monoisotopic (exact) mass is 233 g/mol. The molecule has 4 nitrogen and oxygen atoms in total. The van der Waals surface area contributed by atoms with Gasteiger partial charge in [-0.15, -0.1) is 0 Å². The summed E-state index contributed by atoms with van der Waals surface area (Å²) in [4.78, 5) is 8.27. The summed E-state index contributed by atoms with van der Waals surface area (Å²) >= 11 is 0. The molecule has 2 heterocycles. The largest absolute Gasteiger partial charge is 0.496 e. The highest BCUT2D eigenvalue weighted by Crippen LogP contribution is 2.24. The first-order valence-electron chi connectivity index (χ1n) is 6.24. The molecule has 0 aliphatic carbocycles. The number of nitrogens with zero attached hydrogens (tertiary/aromatic N) is 2. The fourth-order valence-corrected chi connectivity index (χ4v) is 1.89. The Balaban J connectivity index is 2.15. The Bertz CT molecular complexity index is 364. The van der Waals surface area contributed by atoms with Gasteiger partial charge in [-0.25, -0.2) is 9.97 Å². The molecule has 1 unspecified atom stereocenters. The molecule has 1 aliphatic rings. The lowest BCUT2D eigenvalue weighted by atomic mass is 10.1. The summed E-state index contributed by atoms with van der Waals surface area (Å²) in [5.41, 5.74) is 0.974. The summed E-state index contributed by atoms with van der Waals surface area (Å²) in [6.07, 6.45) is 8.80. The number of nitrogens with one attached hydrogen (secondary N) is 1. The van der Waals surface area contributed by atoms with Crippen molar-refractivity contribution in [2.75, 3.05) is 13.2 Å². The van der Waals surface area contributed by atoms with E-state index in [1.807, 2.05) is 6.07 Å². The van der Waals surface area contributed by atoms with Gasteiger partial charge in [0.25, 0.3) is 0 Å². The Kier molecular flexibility index (Phi) is 4.50. The van der Waals surface area contributed by atoms with Crippen LogP contribution in [-0.4, -0.2) is 23.1 Å². The Morgan fingerprint density at radius 1 is 1.53 bits per heavy atom. The lowest BCUT2D eigenvalue weighted by Crippen LogP contribution is -2.27. The van der Waals surface area contributed by atoms with E-state index in [0.29, 0.717) is 0 Å². The molecule has 1 aliphatic heterocycles. The maximum absolute atomic E-state index is 5.73. The average molecular weight is 233 g/mol. The van der Waals surface area contributed by atoms with E-state index in [2.05, 4.69) is 28.3 Å². The number of hydrogen-bond donors (Lipinski definition) is 1. The zero-order valence-electron chi connectivity index (χ0n) is 10.2. The molecule has 1 aromatic heterocycles. The zero-order chi connectivity index (χ0) is 11.9. The molecule has 0 spiro atoms. The maximum Gasteiger partial charge on any atom is 0.115 e. The van der Waals surface area contributed by atoms with Crippen LogP contribution in [0.2, 0.25) is 0 Å². The van der Waals surface area contributed by atoms with Gasteiger partial charge in [0.05, 0.1) is 12.3 Å². The summed E-state index contributed by atoms with van der Waals surface area (Å²) in [7, 11) is 0. The van der Waals surface area contributed by atoms with Crippen LogP contribution in [0.15, 0.2) is 30.4 Å². The molecule has 2 rings (SSSR count). The Labute approximate surface area is 102 Å². The molecule has 0 amide bonds. The molecule has 0 aromatic carbocycles. The predicted octanol–water partition coefficient (Wildman–Crippen LogP) is 2.21. The van der Waals surface area contributed by atoms with Crippen LogP contribution in [0.5, 0.6) is 0 Å². The van der Waals surface area contributed by atoms with Crippen molar-refractivity contribution in [2.45, 2.75) is 32.2 Å². The fourth-order valence-electron chi connectivity index (χ4n) is 1.89. The van der Waals surface area contributed by atoms with Crippen molar-refractivity contribution in [1.82, 2.24) is 15.3 Å². The molecule has 92 valence electrons. The topological polar surface area (TPSA) is 47.0 Å². The lowest BCUT2D eigenvalue weighted by molar-refractivity contribution is 0.166. The molecule has 17 heavy (non-hydrogen) atoms. The molecule has 1 atom stereocenters. The van der Waals surface area contributed by atoms with Crippen molar-refractivity contribution >= 4 is 0 Å². The molecule has 1 aromatic rings. The Morgan fingerprint density at radius 3 is 3.12 bits per heavy atom. The number of ether oxygens (including phenoxy) is 1.